The van der Waals surface area contributed by atoms with E-state index in [9.17, 15) is 13.6 Å². The Bertz CT molecular complexity index is 493. The highest BCUT2D eigenvalue weighted by Crippen LogP contribution is 2.17. The van der Waals surface area contributed by atoms with Crippen LogP contribution >= 0.6 is 12.4 Å². The average molecular weight is 333 g/mol. The molecule has 0 unspecified atom stereocenters. The Kier molecular flexibility index (Phi) is 7.76. The molecule has 0 saturated carbocycles. The van der Waals surface area contributed by atoms with Gasteiger partial charge < -0.3 is 10.2 Å². The Morgan fingerprint density at radius 3 is 2.64 bits per heavy atom. The Labute approximate surface area is 136 Å². The van der Waals surface area contributed by atoms with Crippen molar-refractivity contribution < 1.29 is 13.6 Å². The van der Waals surface area contributed by atoms with Crippen LogP contribution in [-0.2, 0) is 11.2 Å². The quantitative estimate of drug-likeness (QED) is 0.899. The molecule has 0 aromatic heterocycles. The Morgan fingerprint density at radius 2 is 2.00 bits per heavy atom. The molecule has 1 aliphatic rings. The van der Waals surface area contributed by atoms with Crippen LogP contribution in [0.4, 0.5) is 8.78 Å². The molecule has 1 aliphatic heterocycles. The van der Waals surface area contributed by atoms with Crippen LogP contribution < -0.4 is 5.32 Å². The predicted molar refractivity (Wildman–Crippen MR) is 85.2 cm³/mol. The summed E-state index contributed by atoms with van der Waals surface area (Å²) in [6.07, 6.45) is 2.61. The van der Waals surface area contributed by atoms with Crippen molar-refractivity contribution in [2.75, 3.05) is 19.6 Å². The van der Waals surface area contributed by atoms with Crippen LogP contribution in [0, 0.1) is 11.6 Å². The summed E-state index contributed by atoms with van der Waals surface area (Å²) < 4.78 is 26.9. The van der Waals surface area contributed by atoms with E-state index in [1.165, 1.54) is 12.1 Å². The SMILES string of the molecule is CCCN(C(=O)Cc1cccc(F)c1F)C1CCNCC1.Cl. The highest BCUT2D eigenvalue weighted by molar-refractivity contribution is 5.85. The number of halogens is 3. The van der Waals surface area contributed by atoms with Crippen molar-refractivity contribution in [2.45, 2.75) is 38.6 Å². The topological polar surface area (TPSA) is 32.3 Å². The summed E-state index contributed by atoms with van der Waals surface area (Å²) >= 11 is 0. The average Bonchev–Trinajstić information content (AvgIpc) is 2.50. The van der Waals surface area contributed by atoms with Crippen molar-refractivity contribution in [3.63, 3.8) is 0 Å². The first kappa shape index (κ1) is 18.8. The molecular weight excluding hydrogens is 310 g/mol. The molecule has 6 heteroatoms. The third-order valence-electron chi connectivity index (χ3n) is 3.91. The van der Waals surface area contributed by atoms with Crippen molar-refractivity contribution >= 4 is 18.3 Å². The van der Waals surface area contributed by atoms with Crippen LogP contribution in [0.2, 0.25) is 0 Å². The van der Waals surface area contributed by atoms with Gasteiger partial charge in [-0.15, -0.1) is 12.4 Å². The zero-order chi connectivity index (χ0) is 15.2. The molecule has 2 rings (SSSR count). The molecule has 1 heterocycles. The maximum atomic E-state index is 13.7. The molecule has 0 spiro atoms. The third kappa shape index (κ3) is 4.65. The Balaban J connectivity index is 0.00000242. The van der Waals surface area contributed by atoms with E-state index in [1.807, 2.05) is 11.8 Å². The zero-order valence-electron chi connectivity index (χ0n) is 12.8. The molecule has 3 nitrogen and oxygen atoms in total. The number of piperidine rings is 1. The second-order valence-electron chi connectivity index (χ2n) is 5.46. The molecule has 1 aromatic carbocycles. The molecule has 1 saturated heterocycles. The molecule has 0 radical (unpaired) electrons. The minimum atomic E-state index is -0.910. The second-order valence-corrected chi connectivity index (χ2v) is 5.46. The molecule has 0 bridgehead atoms. The lowest BCUT2D eigenvalue weighted by atomic mass is 10.0. The highest BCUT2D eigenvalue weighted by Gasteiger charge is 2.25. The van der Waals surface area contributed by atoms with Gasteiger partial charge in [-0.3, -0.25) is 4.79 Å². The van der Waals surface area contributed by atoms with Crippen LogP contribution in [0.25, 0.3) is 0 Å². The van der Waals surface area contributed by atoms with Crippen molar-refractivity contribution in [1.82, 2.24) is 10.2 Å². The summed E-state index contributed by atoms with van der Waals surface area (Å²) in [5.41, 5.74) is 0.134. The fraction of sp³-hybridized carbons (Fsp3) is 0.562. The summed E-state index contributed by atoms with van der Waals surface area (Å²) in [6.45, 7) is 4.48. The highest BCUT2D eigenvalue weighted by atomic mass is 35.5. The molecule has 1 N–H and O–H groups in total. The van der Waals surface area contributed by atoms with Gasteiger partial charge >= 0.3 is 0 Å². The number of benzene rings is 1. The minimum absolute atomic E-state index is 0. The van der Waals surface area contributed by atoms with Gasteiger partial charge in [0.15, 0.2) is 11.6 Å². The zero-order valence-corrected chi connectivity index (χ0v) is 13.6. The van der Waals surface area contributed by atoms with Gasteiger partial charge in [-0.05, 0) is 38.4 Å². The number of carbonyl (C=O) groups is 1. The fourth-order valence-electron chi connectivity index (χ4n) is 2.82. The van der Waals surface area contributed by atoms with Crippen LogP contribution in [-0.4, -0.2) is 36.5 Å². The van der Waals surface area contributed by atoms with E-state index >= 15 is 0 Å². The number of nitrogens with one attached hydrogen (secondary N) is 1. The van der Waals surface area contributed by atoms with Gasteiger partial charge in [-0.2, -0.15) is 0 Å². The van der Waals surface area contributed by atoms with Gasteiger partial charge in [0.05, 0.1) is 6.42 Å². The van der Waals surface area contributed by atoms with Crippen LogP contribution in [0.1, 0.15) is 31.7 Å². The summed E-state index contributed by atoms with van der Waals surface area (Å²) in [5, 5.41) is 3.27. The molecule has 1 amide bonds. The standard InChI is InChI=1S/C16H22F2N2O.ClH/c1-2-10-20(13-6-8-19-9-7-13)15(21)11-12-4-3-5-14(17)16(12)18;/h3-5,13,19H,2,6-11H2,1H3;1H. The van der Waals surface area contributed by atoms with Gasteiger partial charge in [0.25, 0.3) is 0 Å². The van der Waals surface area contributed by atoms with Crippen LogP contribution in [0.3, 0.4) is 0 Å². The molecule has 1 fully saturated rings. The maximum absolute atomic E-state index is 13.7. The first-order chi connectivity index (χ1) is 10.1. The van der Waals surface area contributed by atoms with E-state index in [-0.39, 0.29) is 36.3 Å². The first-order valence-corrected chi connectivity index (χ1v) is 7.56. The van der Waals surface area contributed by atoms with E-state index in [0.717, 1.165) is 38.4 Å². The molecule has 124 valence electrons. The Morgan fingerprint density at radius 1 is 1.32 bits per heavy atom. The predicted octanol–water partition coefficient (Wildman–Crippen LogP) is 2.92. The normalized spacial score (nSPS) is 15.2. The van der Waals surface area contributed by atoms with Crippen LogP contribution in [0.15, 0.2) is 18.2 Å². The Hall–Kier alpha value is -1.20. The monoisotopic (exact) mass is 332 g/mol. The fourth-order valence-corrected chi connectivity index (χ4v) is 2.82. The van der Waals surface area contributed by atoms with Crippen molar-refractivity contribution in [3.8, 4) is 0 Å². The third-order valence-corrected chi connectivity index (χ3v) is 3.91. The molecule has 0 aliphatic carbocycles. The lowest BCUT2D eigenvalue weighted by Crippen LogP contribution is -2.47. The molecule has 0 atom stereocenters. The van der Waals surface area contributed by atoms with Crippen molar-refractivity contribution in [1.29, 1.82) is 0 Å². The lowest BCUT2D eigenvalue weighted by Gasteiger charge is -2.34. The summed E-state index contributed by atoms with van der Waals surface area (Å²) in [4.78, 5) is 14.3. The van der Waals surface area contributed by atoms with E-state index in [4.69, 9.17) is 0 Å². The maximum Gasteiger partial charge on any atom is 0.227 e. The number of amides is 1. The number of hydrogen-bond acceptors (Lipinski definition) is 2. The first-order valence-electron chi connectivity index (χ1n) is 7.56. The molecular formula is C16H23ClF2N2O. The van der Waals surface area contributed by atoms with Crippen LogP contribution in [0.5, 0.6) is 0 Å². The van der Waals surface area contributed by atoms with E-state index in [0.29, 0.717) is 6.54 Å². The number of hydrogen-bond donors (Lipinski definition) is 1. The van der Waals surface area contributed by atoms with E-state index in [2.05, 4.69) is 5.32 Å². The van der Waals surface area contributed by atoms with Gasteiger partial charge in [0, 0.05) is 18.2 Å². The van der Waals surface area contributed by atoms with Gasteiger partial charge in [-0.1, -0.05) is 19.1 Å². The summed E-state index contributed by atoms with van der Waals surface area (Å²) in [7, 11) is 0. The van der Waals surface area contributed by atoms with Gasteiger partial charge in [0.2, 0.25) is 5.91 Å². The second kappa shape index (κ2) is 9.06. The van der Waals surface area contributed by atoms with E-state index in [1.54, 1.807) is 0 Å². The summed E-state index contributed by atoms with van der Waals surface area (Å²) in [6, 6.07) is 4.19. The summed E-state index contributed by atoms with van der Waals surface area (Å²) in [5.74, 6) is -1.93. The van der Waals surface area contributed by atoms with Crippen molar-refractivity contribution in [2.24, 2.45) is 0 Å². The largest absolute Gasteiger partial charge is 0.339 e. The van der Waals surface area contributed by atoms with Crippen molar-refractivity contribution in [3.05, 3.63) is 35.4 Å². The minimum Gasteiger partial charge on any atom is -0.339 e. The van der Waals surface area contributed by atoms with E-state index < -0.39 is 11.6 Å². The van der Waals surface area contributed by atoms with Gasteiger partial charge in [0.1, 0.15) is 0 Å². The number of rotatable bonds is 5. The smallest absolute Gasteiger partial charge is 0.227 e. The molecule has 1 aromatic rings. The lowest BCUT2D eigenvalue weighted by molar-refractivity contribution is -0.133. The number of nitrogens with zero attached hydrogens (tertiary/aromatic N) is 1. The molecule has 22 heavy (non-hydrogen) atoms. The number of carbonyl (C=O) groups excluding carboxylic acids is 1. The van der Waals surface area contributed by atoms with Gasteiger partial charge in [-0.25, -0.2) is 8.78 Å².